The van der Waals surface area contributed by atoms with Crippen molar-refractivity contribution in [3.8, 4) is 6.07 Å². The number of piperidine rings is 1. The molecule has 0 spiro atoms. The average molecular weight is 316 g/mol. The van der Waals surface area contributed by atoms with Crippen LogP contribution in [0.3, 0.4) is 0 Å². The maximum absolute atomic E-state index is 11.7. The summed E-state index contributed by atoms with van der Waals surface area (Å²) in [5, 5.41) is 11.7. The van der Waals surface area contributed by atoms with E-state index in [1.807, 2.05) is 32.9 Å². The fourth-order valence-corrected chi connectivity index (χ4v) is 2.65. The Balaban J connectivity index is 1.85. The molecule has 1 N–H and O–H groups in total. The third kappa shape index (κ3) is 5.44. The number of ether oxygens (including phenoxy) is 1. The number of nitriles is 1. The molecule has 1 aromatic rings. The second-order valence-corrected chi connectivity index (χ2v) is 6.85. The summed E-state index contributed by atoms with van der Waals surface area (Å²) in [4.78, 5) is 18.1. The van der Waals surface area contributed by atoms with Crippen LogP contribution in [-0.4, -0.2) is 36.3 Å². The van der Waals surface area contributed by atoms with Gasteiger partial charge in [0.2, 0.25) is 0 Å². The zero-order chi connectivity index (χ0) is 16.9. The van der Waals surface area contributed by atoms with Crippen LogP contribution < -0.4 is 10.2 Å². The Labute approximate surface area is 137 Å². The number of rotatable bonds is 3. The highest BCUT2D eigenvalue weighted by Gasteiger charge is 2.22. The van der Waals surface area contributed by atoms with Crippen LogP contribution in [0.2, 0.25) is 0 Å². The number of amides is 1. The first-order chi connectivity index (χ1) is 10.9. The number of alkyl carbamates (subject to hydrolysis) is 1. The fraction of sp³-hybridized carbons (Fsp3) is 0.588. The number of nitrogens with zero attached hydrogens (tertiary/aromatic N) is 3. The summed E-state index contributed by atoms with van der Waals surface area (Å²) in [7, 11) is 0. The minimum Gasteiger partial charge on any atom is -0.444 e. The van der Waals surface area contributed by atoms with Gasteiger partial charge in [0.25, 0.3) is 0 Å². The lowest BCUT2D eigenvalue weighted by Gasteiger charge is -2.34. The standard InChI is InChI=1S/C17H24N4O2/c1-17(2,3)23-16(22)20-10-13-5-4-8-21(12-13)15-7-6-14(9-18)19-11-15/h6-7,11,13H,4-5,8,10,12H2,1-3H3,(H,20,22)/t13-/m0/s1. The first-order valence-corrected chi connectivity index (χ1v) is 7.95. The summed E-state index contributed by atoms with van der Waals surface area (Å²) in [6.45, 7) is 8.00. The Kier molecular flexibility index (Phi) is 5.43. The van der Waals surface area contributed by atoms with E-state index >= 15 is 0 Å². The predicted molar refractivity (Wildman–Crippen MR) is 88.1 cm³/mol. The lowest BCUT2D eigenvalue weighted by Crippen LogP contribution is -2.42. The van der Waals surface area contributed by atoms with E-state index in [0.29, 0.717) is 18.2 Å². The first kappa shape index (κ1) is 17.1. The summed E-state index contributed by atoms with van der Waals surface area (Å²) < 4.78 is 5.26. The van der Waals surface area contributed by atoms with Crippen LogP contribution >= 0.6 is 0 Å². The zero-order valence-electron chi connectivity index (χ0n) is 14.0. The number of hydrogen-bond donors (Lipinski definition) is 1. The molecule has 1 saturated heterocycles. The largest absolute Gasteiger partial charge is 0.444 e. The molecule has 0 saturated carbocycles. The van der Waals surface area contributed by atoms with E-state index in [4.69, 9.17) is 10.00 Å². The van der Waals surface area contributed by atoms with Crippen molar-refractivity contribution in [1.82, 2.24) is 10.3 Å². The van der Waals surface area contributed by atoms with Gasteiger partial charge in [-0.1, -0.05) is 0 Å². The highest BCUT2D eigenvalue weighted by Crippen LogP contribution is 2.22. The SMILES string of the molecule is CC(C)(C)OC(=O)NC[C@@H]1CCCN(c2ccc(C#N)nc2)C1. The Morgan fingerprint density at radius 3 is 2.91 bits per heavy atom. The molecular weight excluding hydrogens is 292 g/mol. The molecule has 6 nitrogen and oxygen atoms in total. The molecule has 0 radical (unpaired) electrons. The van der Waals surface area contributed by atoms with E-state index in [1.54, 1.807) is 12.3 Å². The van der Waals surface area contributed by atoms with Crippen LogP contribution in [0.25, 0.3) is 0 Å². The second kappa shape index (κ2) is 7.32. The van der Waals surface area contributed by atoms with Crippen molar-refractivity contribution in [2.45, 2.75) is 39.2 Å². The number of aromatic nitrogens is 1. The van der Waals surface area contributed by atoms with E-state index in [0.717, 1.165) is 31.6 Å². The van der Waals surface area contributed by atoms with Gasteiger partial charge in [-0.3, -0.25) is 0 Å². The molecule has 1 aliphatic rings. The van der Waals surface area contributed by atoms with Crippen LogP contribution in [0, 0.1) is 17.2 Å². The van der Waals surface area contributed by atoms with Gasteiger partial charge in [0.1, 0.15) is 17.4 Å². The van der Waals surface area contributed by atoms with E-state index in [2.05, 4.69) is 15.2 Å². The molecule has 1 fully saturated rings. The van der Waals surface area contributed by atoms with Gasteiger partial charge in [-0.2, -0.15) is 5.26 Å². The molecule has 0 aromatic carbocycles. The number of nitrogens with one attached hydrogen (secondary N) is 1. The van der Waals surface area contributed by atoms with Crippen LogP contribution in [0.5, 0.6) is 0 Å². The monoisotopic (exact) mass is 316 g/mol. The van der Waals surface area contributed by atoms with E-state index in [-0.39, 0.29) is 6.09 Å². The topological polar surface area (TPSA) is 78.2 Å². The average Bonchev–Trinajstić information content (AvgIpc) is 2.52. The molecule has 0 aliphatic carbocycles. The van der Waals surface area contributed by atoms with Crippen molar-refractivity contribution in [2.75, 3.05) is 24.5 Å². The molecule has 1 aliphatic heterocycles. The van der Waals surface area contributed by atoms with Crippen LogP contribution in [0.1, 0.15) is 39.3 Å². The van der Waals surface area contributed by atoms with Crippen LogP contribution in [0.4, 0.5) is 10.5 Å². The third-order valence-corrected chi connectivity index (χ3v) is 3.68. The van der Waals surface area contributed by atoms with Gasteiger partial charge in [0.15, 0.2) is 0 Å². The van der Waals surface area contributed by atoms with Crippen molar-refractivity contribution in [2.24, 2.45) is 5.92 Å². The van der Waals surface area contributed by atoms with Crippen LogP contribution in [-0.2, 0) is 4.74 Å². The Morgan fingerprint density at radius 2 is 2.30 bits per heavy atom. The Hall–Kier alpha value is -2.29. The molecule has 0 bridgehead atoms. The van der Waals surface area contributed by atoms with Gasteiger partial charge in [0.05, 0.1) is 11.9 Å². The van der Waals surface area contributed by atoms with Crippen molar-refractivity contribution in [1.29, 1.82) is 5.26 Å². The lowest BCUT2D eigenvalue weighted by atomic mass is 9.97. The smallest absolute Gasteiger partial charge is 0.407 e. The number of anilines is 1. The molecule has 1 aromatic heterocycles. The number of hydrogen-bond acceptors (Lipinski definition) is 5. The fourth-order valence-electron chi connectivity index (χ4n) is 2.65. The molecule has 124 valence electrons. The van der Waals surface area contributed by atoms with Crippen molar-refractivity contribution >= 4 is 11.8 Å². The molecule has 1 amide bonds. The summed E-state index contributed by atoms with van der Waals surface area (Å²) >= 11 is 0. The van der Waals surface area contributed by atoms with Gasteiger partial charge >= 0.3 is 6.09 Å². The molecule has 2 rings (SSSR count). The minimum atomic E-state index is -0.475. The summed E-state index contributed by atoms with van der Waals surface area (Å²) in [6, 6.07) is 5.69. The van der Waals surface area contributed by atoms with Crippen LogP contribution in [0.15, 0.2) is 18.3 Å². The summed E-state index contributed by atoms with van der Waals surface area (Å²) in [6.07, 6.45) is 3.52. The Bertz CT molecular complexity index is 572. The van der Waals surface area contributed by atoms with Crippen molar-refractivity contribution in [3.05, 3.63) is 24.0 Å². The van der Waals surface area contributed by atoms with E-state index < -0.39 is 5.60 Å². The molecule has 0 unspecified atom stereocenters. The quantitative estimate of drug-likeness (QED) is 0.927. The normalized spacial score (nSPS) is 18.2. The summed E-state index contributed by atoms with van der Waals surface area (Å²) in [5.41, 5.74) is 0.969. The van der Waals surface area contributed by atoms with Crippen molar-refractivity contribution < 1.29 is 9.53 Å². The van der Waals surface area contributed by atoms with Crippen molar-refractivity contribution in [3.63, 3.8) is 0 Å². The first-order valence-electron chi connectivity index (χ1n) is 7.95. The minimum absolute atomic E-state index is 0.366. The van der Waals surface area contributed by atoms with E-state index in [1.165, 1.54) is 0 Å². The zero-order valence-corrected chi connectivity index (χ0v) is 14.0. The number of carbonyl (C=O) groups is 1. The summed E-state index contributed by atoms with van der Waals surface area (Å²) in [5.74, 6) is 0.381. The highest BCUT2D eigenvalue weighted by atomic mass is 16.6. The van der Waals surface area contributed by atoms with E-state index in [9.17, 15) is 4.79 Å². The molecule has 2 heterocycles. The molecule has 1 atom stereocenters. The number of pyridine rings is 1. The number of carbonyl (C=O) groups excluding carboxylic acids is 1. The molecule has 6 heteroatoms. The van der Waals surface area contributed by atoms with Gasteiger partial charge in [-0.15, -0.1) is 0 Å². The maximum Gasteiger partial charge on any atom is 0.407 e. The maximum atomic E-state index is 11.7. The lowest BCUT2D eigenvalue weighted by molar-refractivity contribution is 0.0517. The second-order valence-electron chi connectivity index (χ2n) is 6.85. The van der Waals surface area contributed by atoms with Gasteiger partial charge in [-0.25, -0.2) is 9.78 Å². The highest BCUT2D eigenvalue weighted by molar-refractivity contribution is 5.67. The Morgan fingerprint density at radius 1 is 1.52 bits per heavy atom. The third-order valence-electron chi connectivity index (χ3n) is 3.68. The van der Waals surface area contributed by atoms with Gasteiger partial charge in [-0.05, 0) is 51.7 Å². The molecular formula is C17H24N4O2. The van der Waals surface area contributed by atoms with Gasteiger partial charge in [0, 0.05) is 19.6 Å². The van der Waals surface area contributed by atoms with Gasteiger partial charge < -0.3 is 15.0 Å². The predicted octanol–water partition coefficient (Wildman–Crippen LogP) is 2.69. The molecule has 23 heavy (non-hydrogen) atoms.